The zero-order valence-corrected chi connectivity index (χ0v) is 20.0. The summed E-state index contributed by atoms with van der Waals surface area (Å²) in [6.45, 7) is 13.2. The second-order valence-electron chi connectivity index (χ2n) is 12.7. The molecule has 0 radical (unpaired) electrons. The molecule has 0 heterocycles. The standard InChI is InChI=1S/C27H47NO/c1-19(2)27-18-17-24(3)14-6-7-15-26(24,5)22(27)13-16-25(4)20(11-12-21(25)27)9-8-10-23(28)29/h19-22H,6-18H2,1-5H3,(H2,28,29)/t20-,21?,22?,24?,25?,26+,27+/m0/s1. The van der Waals surface area contributed by atoms with Crippen molar-refractivity contribution < 1.29 is 4.79 Å². The van der Waals surface area contributed by atoms with Crippen molar-refractivity contribution in [3.63, 3.8) is 0 Å². The first-order chi connectivity index (χ1) is 13.6. The predicted octanol–water partition coefficient (Wildman–Crippen LogP) is 7.11. The number of amides is 1. The summed E-state index contributed by atoms with van der Waals surface area (Å²) in [4.78, 5) is 11.3. The normalized spacial score (nSPS) is 49.4. The van der Waals surface area contributed by atoms with E-state index in [-0.39, 0.29) is 5.91 Å². The van der Waals surface area contributed by atoms with Crippen LogP contribution in [0.1, 0.15) is 118 Å². The van der Waals surface area contributed by atoms with Crippen molar-refractivity contribution in [1.82, 2.24) is 0 Å². The van der Waals surface area contributed by atoms with Gasteiger partial charge in [-0.3, -0.25) is 4.79 Å². The molecule has 0 spiro atoms. The Hall–Kier alpha value is -0.530. The van der Waals surface area contributed by atoms with Crippen LogP contribution in [-0.2, 0) is 4.79 Å². The molecule has 7 atom stereocenters. The van der Waals surface area contributed by atoms with Gasteiger partial charge in [0.2, 0.25) is 5.91 Å². The van der Waals surface area contributed by atoms with E-state index in [0.717, 1.165) is 30.1 Å². The van der Waals surface area contributed by atoms with Crippen molar-refractivity contribution in [3.05, 3.63) is 0 Å². The molecule has 2 heteroatoms. The molecule has 1 amide bonds. The molecule has 0 aromatic rings. The maximum Gasteiger partial charge on any atom is 0.217 e. The van der Waals surface area contributed by atoms with Crippen molar-refractivity contribution in [2.45, 2.75) is 118 Å². The highest BCUT2D eigenvalue weighted by molar-refractivity contribution is 5.73. The van der Waals surface area contributed by atoms with E-state index in [0.29, 0.717) is 28.1 Å². The zero-order chi connectivity index (χ0) is 21.1. The van der Waals surface area contributed by atoms with Crippen molar-refractivity contribution in [1.29, 1.82) is 0 Å². The van der Waals surface area contributed by atoms with Crippen molar-refractivity contribution in [3.8, 4) is 0 Å². The summed E-state index contributed by atoms with van der Waals surface area (Å²) in [5.74, 6) is 3.26. The van der Waals surface area contributed by atoms with E-state index in [1.54, 1.807) is 0 Å². The molecule has 0 aromatic carbocycles. The fourth-order valence-corrected chi connectivity index (χ4v) is 9.98. The number of carbonyl (C=O) groups is 1. The van der Waals surface area contributed by atoms with Gasteiger partial charge in [-0.15, -0.1) is 0 Å². The second kappa shape index (κ2) is 7.27. The van der Waals surface area contributed by atoms with Crippen LogP contribution in [-0.4, -0.2) is 5.91 Å². The average Bonchev–Trinajstić information content (AvgIpc) is 2.98. The van der Waals surface area contributed by atoms with Gasteiger partial charge < -0.3 is 5.73 Å². The summed E-state index contributed by atoms with van der Waals surface area (Å²) >= 11 is 0. The van der Waals surface area contributed by atoms with Gasteiger partial charge in [-0.05, 0) is 110 Å². The first-order valence-corrected chi connectivity index (χ1v) is 12.9. The Labute approximate surface area is 180 Å². The van der Waals surface area contributed by atoms with Gasteiger partial charge >= 0.3 is 0 Å². The Morgan fingerprint density at radius 2 is 1.66 bits per heavy atom. The van der Waals surface area contributed by atoms with Gasteiger partial charge in [-0.25, -0.2) is 0 Å². The molecule has 29 heavy (non-hydrogen) atoms. The molecule has 0 saturated heterocycles. The topological polar surface area (TPSA) is 43.1 Å². The van der Waals surface area contributed by atoms with E-state index in [9.17, 15) is 4.79 Å². The monoisotopic (exact) mass is 401 g/mol. The Morgan fingerprint density at radius 3 is 2.34 bits per heavy atom. The van der Waals surface area contributed by atoms with E-state index in [2.05, 4.69) is 34.6 Å². The molecule has 4 unspecified atom stereocenters. The van der Waals surface area contributed by atoms with Gasteiger partial charge in [0.05, 0.1) is 0 Å². The smallest absolute Gasteiger partial charge is 0.217 e. The first kappa shape index (κ1) is 21.7. The minimum Gasteiger partial charge on any atom is -0.370 e. The van der Waals surface area contributed by atoms with Crippen molar-refractivity contribution in [2.24, 2.45) is 51.1 Å². The number of fused-ring (bicyclic) bond motifs is 5. The number of rotatable bonds is 5. The predicted molar refractivity (Wildman–Crippen MR) is 121 cm³/mol. The third-order valence-electron chi connectivity index (χ3n) is 11.8. The second-order valence-corrected chi connectivity index (χ2v) is 12.7. The summed E-state index contributed by atoms with van der Waals surface area (Å²) in [5, 5.41) is 0. The highest BCUT2D eigenvalue weighted by atomic mass is 16.1. The fraction of sp³-hybridized carbons (Fsp3) is 0.963. The highest BCUT2D eigenvalue weighted by Gasteiger charge is 2.69. The molecule has 4 saturated carbocycles. The molecule has 166 valence electrons. The first-order valence-electron chi connectivity index (χ1n) is 12.9. The molecule has 4 aliphatic carbocycles. The molecule has 2 nitrogen and oxygen atoms in total. The Morgan fingerprint density at radius 1 is 0.931 bits per heavy atom. The minimum absolute atomic E-state index is 0.121. The van der Waals surface area contributed by atoms with Crippen LogP contribution in [0.4, 0.5) is 0 Å². The number of hydrogen-bond acceptors (Lipinski definition) is 1. The van der Waals surface area contributed by atoms with E-state index in [4.69, 9.17) is 5.73 Å². The van der Waals surface area contributed by atoms with Gasteiger partial charge in [0.25, 0.3) is 0 Å². The number of carbonyl (C=O) groups excluding carboxylic acids is 1. The third-order valence-corrected chi connectivity index (χ3v) is 11.8. The average molecular weight is 402 g/mol. The maximum absolute atomic E-state index is 11.3. The molecule has 0 aliphatic heterocycles. The minimum atomic E-state index is -0.121. The van der Waals surface area contributed by atoms with E-state index in [1.165, 1.54) is 70.6 Å². The lowest BCUT2D eigenvalue weighted by atomic mass is 9.34. The summed E-state index contributed by atoms with van der Waals surface area (Å²) in [6.07, 6.45) is 17.2. The Bertz CT molecular complexity index is 642. The van der Waals surface area contributed by atoms with E-state index in [1.807, 2.05) is 0 Å². The fourth-order valence-electron chi connectivity index (χ4n) is 9.98. The number of primary amides is 1. The third kappa shape index (κ3) is 2.97. The Balaban J connectivity index is 1.66. The molecule has 4 aliphatic rings. The number of hydrogen-bond donors (Lipinski definition) is 1. The molecular weight excluding hydrogens is 354 g/mol. The summed E-state index contributed by atoms with van der Waals surface area (Å²) in [6, 6.07) is 0. The molecule has 4 fully saturated rings. The zero-order valence-electron chi connectivity index (χ0n) is 20.0. The van der Waals surface area contributed by atoms with Crippen molar-refractivity contribution in [2.75, 3.05) is 0 Å². The van der Waals surface area contributed by atoms with Crippen LogP contribution in [0.3, 0.4) is 0 Å². The summed E-state index contributed by atoms with van der Waals surface area (Å²) in [7, 11) is 0. The SMILES string of the molecule is CC(C)[C@@]12CCC3(C)CCCC[C@]3(C)C1CCC1(C)C2CC[C@@H]1CCCC(N)=O. The van der Waals surface area contributed by atoms with Gasteiger partial charge in [0, 0.05) is 6.42 Å². The molecule has 2 N–H and O–H groups in total. The van der Waals surface area contributed by atoms with E-state index < -0.39 is 0 Å². The Kier molecular flexibility index (Phi) is 5.43. The lowest BCUT2D eigenvalue weighted by Crippen LogP contribution is -2.63. The van der Waals surface area contributed by atoms with Crippen LogP contribution in [0.15, 0.2) is 0 Å². The van der Waals surface area contributed by atoms with Crippen LogP contribution in [0.25, 0.3) is 0 Å². The van der Waals surface area contributed by atoms with E-state index >= 15 is 0 Å². The maximum atomic E-state index is 11.3. The van der Waals surface area contributed by atoms with Gasteiger partial charge in [0.15, 0.2) is 0 Å². The number of nitrogens with two attached hydrogens (primary N) is 1. The summed E-state index contributed by atoms with van der Waals surface area (Å²) < 4.78 is 0. The van der Waals surface area contributed by atoms with Crippen LogP contribution < -0.4 is 5.73 Å². The largest absolute Gasteiger partial charge is 0.370 e. The lowest BCUT2D eigenvalue weighted by molar-refractivity contribution is -0.221. The van der Waals surface area contributed by atoms with Crippen LogP contribution in [0.5, 0.6) is 0 Å². The molecular formula is C27H47NO. The van der Waals surface area contributed by atoms with Crippen molar-refractivity contribution >= 4 is 5.91 Å². The van der Waals surface area contributed by atoms with Gasteiger partial charge in [-0.1, -0.05) is 47.5 Å². The van der Waals surface area contributed by atoms with Gasteiger partial charge in [-0.2, -0.15) is 0 Å². The lowest BCUT2D eigenvalue weighted by Gasteiger charge is -2.71. The molecule has 0 aromatic heterocycles. The molecule has 4 rings (SSSR count). The van der Waals surface area contributed by atoms with Crippen LogP contribution in [0, 0.1) is 45.3 Å². The quantitative estimate of drug-likeness (QED) is 0.524. The van der Waals surface area contributed by atoms with Crippen LogP contribution >= 0.6 is 0 Å². The molecule has 0 bridgehead atoms. The van der Waals surface area contributed by atoms with Crippen LogP contribution in [0.2, 0.25) is 0 Å². The van der Waals surface area contributed by atoms with Gasteiger partial charge in [0.1, 0.15) is 0 Å². The highest BCUT2D eigenvalue weighted by Crippen LogP contribution is 2.76. The summed E-state index contributed by atoms with van der Waals surface area (Å²) in [5.41, 5.74) is 7.57.